The summed E-state index contributed by atoms with van der Waals surface area (Å²) in [7, 11) is 2.58. The average molecular weight is 333 g/mol. The van der Waals surface area contributed by atoms with Crippen molar-refractivity contribution in [2.24, 2.45) is 0 Å². The van der Waals surface area contributed by atoms with Gasteiger partial charge in [-0.1, -0.05) is 36.4 Å². The molecule has 0 bridgehead atoms. The van der Waals surface area contributed by atoms with Crippen molar-refractivity contribution < 1.29 is 19.1 Å². The van der Waals surface area contributed by atoms with Crippen molar-refractivity contribution in [3.8, 4) is 0 Å². The summed E-state index contributed by atoms with van der Waals surface area (Å²) in [5, 5.41) is 3.27. The van der Waals surface area contributed by atoms with Crippen molar-refractivity contribution in [2.45, 2.75) is 0 Å². The number of benzene rings is 2. The minimum atomic E-state index is -0.571. The Balaban J connectivity index is 2.15. The largest absolute Gasteiger partial charge is 0.465 e. The lowest BCUT2D eigenvalue weighted by Gasteiger charge is -2.07. The van der Waals surface area contributed by atoms with Crippen LogP contribution >= 0.6 is 0 Å². The third-order valence-corrected chi connectivity index (χ3v) is 4.45. The molecule has 2 heterocycles. The Hall–Kier alpha value is -3.34. The second-order valence-electron chi connectivity index (χ2n) is 5.71. The number of esters is 2. The fraction of sp³-hybridized carbons (Fsp3) is 0.100. The second-order valence-corrected chi connectivity index (χ2v) is 5.71. The van der Waals surface area contributed by atoms with E-state index >= 15 is 0 Å². The highest BCUT2D eigenvalue weighted by molar-refractivity contribution is 6.12. The highest BCUT2D eigenvalue weighted by Gasteiger charge is 2.24. The summed E-state index contributed by atoms with van der Waals surface area (Å²) in [6, 6.07) is 15.9. The molecule has 0 N–H and O–H groups in total. The molecule has 124 valence electrons. The standard InChI is InChI=1S/C20H15NO4/c1-24-19(22)15-11-21-16-9-7-12-5-3-4-6-13(12)14(16)8-10-17(21)18(15)20(23)25-2/h3-11H,1-2H3. The van der Waals surface area contributed by atoms with Gasteiger partial charge in [0.25, 0.3) is 0 Å². The third-order valence-electron chi connectivity index (χ3n) is 4.45. The molecular weight excluding hydrogens is 318 g/mol. The number of rotatable bonds is 2. The number of carbonyl (C=O) groups excluding carboxylic acids is 2. The van der Waals surface area contributed by atoms with Crippen molar-refractivity contribution in [1.82, 2.24) is 4.40 Å². The maximum atomic E-state index is 12.2. The predicted octanol–water partition coefficient (Wildman–Crippen LogP) is 3.82. The minimum Gasteiger partial charge on any atom is -0.465 e. The molecule has 0 aliphatic rings. The quantitative estimate of drug-likeness (QED) is 0.413. The summed E-state index contributed by atoms with van der Waals surface area (Å²) < 4.78 is 11.5. The summed E-state index contributed by atoms with van der Waals surface area (Å²) in [4.78, 5) is 24.4. The molecule has 0 fully saturated rings. The Kier molecular flexibility index (Phi) is 3.42. The highest BCUT2D eigenvalue weighted by atomic mass is 16.5. The van der Waals surface area contributed by atoms with Gasteiger partial charge in [0.15, 0.2) is 0 Å². The number of hydrogen-bond donors (Lipinski definition) is 0. The molecule has 0 saturated heterocycles. The monoisotopic (exact) mass is 333 g/mol. The zero-order chi connectivity index (χ0) is 17.6. The van der Waals surface area contributed by atoms with Gasteiger partial charge in [-0.3, -0.25) is 0 Å². The number of nitrogens with zero attached hydrogens (tertiary/aromatic N) is 1. The molecule has 0 unspecified atom stereocenters. The van der Waals surface area contributed by atoms with E-state index in [1.54, 1.807) is 6.20 Å². The van der Waals surface area contributed by atoms with Gasteiger partial charge in [-0.2, -0.15) is 0 Å². The first-order valence-corrected chi connectivity index (χ1v) is 7.78. The topological polar surface area (TPSA) is 57.0 Å². The van der Waals surface area contributed by atoms with Crippen LogP contribution < -0.4 is 0 Å². The van der Waals surface area contributed by atoms with Crippen LogP contribution in [-0.4, -0.2) is 30.6 Å². The molecule has 0 aliphatic carbocycles. The molecule has 0 saturated carbocycles. The Morgan fingerprint density at radius 2 is 1.52 bits per heavy atom. The molecule has 0 radical (unpaired) electrons. The van der Waals surface area contributed by atoms with Crippen LogP contribution in [0.5, 0.6) is 0 Å². The van der Waals surface area contributed by atoms with Crippen molar-refractivity contribution >= 4 is 39.1 Å². The van der Waals surface area contributed by atoms with Gasteiger partial charge in [-0.25, -0.2) is 9.59 Å². The van der Waals surface area contributed by atoms with Gasteiger partial charge in [-0.05, 0) is 22.9 Å². The Bertz CT molecular complexity index is 1160. The lowest BCUT2D eigenvalue weighted by molar-refractivity contribution is 0.0558. The van der Waals surface area contributed by atoms with Crippen molar-refractivity contribution in [2.75, 3.05) is 14.2 Å². The van der Waals surface area contributed by atoms with Gasteiger partial charge in [0.05, 0.1) is 36.4 Å². The first kappa shape index (κ1) is 15.2. The summed E-state index contributed by atoms with van der Waals surface area (Å²) in [6.45, 7) is 0. The van der Waals surface area contributed by atoms with Gasteiger partial charge < -0.3 is 13.9 Å². The average Bonchev–Trinajstić information content (AvgIpc) is 3.06. The number of hydrogen-bond acceptors (Lipinski definition) is 4. The van der Waals surface area contributed by atoms with Crippen LogP contribution in [0.3, 0.4) is 0 Å². The van der Waals surface area contributed by atoms with Crippen LogP contribution in [0.1, 0.15) is 20.7 Å². The maximum absolute atomic E-state index is 12.2. The van der Waals surface area contributed by atoms with Gasteiger partial charge in [-0.15, -0.1) is 0 Å². The first-order chi connectivity index (χ1) is 12.2. The molecule has 5 heteroatoms. The first-order valence-electron chi connectivity index (χ1n) is 7.78. The van der Waals surface area contributed by atoms with Crippen LogP contribution in [-0.2, 0) is 9.47 Å². The Labute approximate surface area is 143 Å². The normalized spacial score (nSPS) is 11.1. The lowest BCUT2D eigenvalue weighted by Crippen LogP contribution is -2.09. The molecule has 4 rings (SSSR count). The molecule has 0 aliphatic heterocycles. The van der Waals surface area contributed by atoms with Gasteiger partial charge in [0.1, 0.15) is 0 Å². The van der Waals surface area contributed by atoms with E-state index in [1.807, 2.05) is 46.9 Å². The number of ether oxygens (including phenoxy) is 2. The second kappa shape index (κ2) is 5.63. The van der Waals surface area contributed by atoms with E-state index in [4.69, 9.17) is 9.47 Å². The Morgan fingerprint density at radius 3 is 2.28 bits per heavy atom. The van der Waals surface area contributed by atoms with Crippen LogP contribution in [0.2, 0.25) is 0 Å². The SMILES string of the molecule is COC(=O)c1cn2c(ccc3c4ccccc4ccc32)c1C(=O)OC. The zero-order valence-electron chi connectivity index (χ0n) is 13.8. The molecule has 0 spiro atoms. The van der Waals surface area contributed by atoms with Crippen molar-refractivity contribution in [3.05, 3.63) is 65.9 Å². The van der Waals surface area contributed by atoms with E-state index in [2.05, 4.69) is 6.07 Å². The van der Waals surface area contributed by atoms with Gasteiger partial charge in [0, 0.05) is 11.6 Å². The fourth-order valence-electron chi connectivity index (χ4n) is 3.30. The smallest absolute Gasteiger partial charge is 0.340 e. The van der Waals surface area contributed by atoms with Crippen molar-refractivity contribution in [3.63, 3.8) is 0 Å². The molecule has 5 nitrogen and oxygen atoms in total. The van der Waals surface area contributed by atoms with Gasteiger partial charge >= 0.3 is 11.9 Å². The molecule has 0 amide bonds. The van der Waals surface area contributed by atoms with Crippen LogP contribution in [0.15, 0.2) is 54.7 Å². The lowest BCUT2D eigenvalue weighted by atomic mass is 10.0. The summed E-state index contributed by atoms with van der Waals surface area (Å²) in [5.41, 5.74) is 1.91. The number of pyridine rings is 1. The van der Waals surface area contributed by atoms with E-state index in [1.165, 1.54) is 14.2 Å². The number of fused-ring (bicyclic) bond motifs is 5. The van der Waals surface area contributed by atoms with E-state index < -0.39 is 11.9 Å². The van der Waals surface area contributed by atoms with E-state index in [0.29, 0.717) is 5.52 Å². The van der Waals surface area contributed by atoms with E-state index in [0.717, 1.165) is 21.7 Å². The van der Waals surface area contributed by atoms with E-state index in [-0.39, 0.29) is 11.1 Å². The van der Waals surface area contributed by atoms with Crippen LogP contribution in [0.25, 0.3) is 27.2 Å². The Morgan fingerprint density at radius 1 is 0.800 bits per heavy atom. The summed E-state index contributed by atoms with van der Waals surface area (Å²) >= 11 is 0. The number of methoxy groups -OCH3 is 2. The molecule has 2 aromatic carbocycles. The fourth-order valence-corrected chi connectivity index (χ4v) is 3.30. The van der Waals surface area contributed by atoms with Crippen LogP contribution in [0, 0.1) is 0 Å². The summed E-state index contributed by atoms with van der Waals surface area (Å²) in [6.07, 6.45) is 1.63. The predicted molar refractivity (Wildman–Crippen MR) is 95.1 cm³/mol. The zero-order valence-corrected chi connectivity index (χ0v) is 13.8. The number of aromatic nitrogens is 1. The van der Waals surface area contributed by atoms with Crippen molar-refractivity contribution in [1.29, 1.82) is 0 Å². The minimum absolute atomic E-state index is 0.190. The highest BCUT2D eigenvalue weighted by Crippen LogP contribution is 2.30. The van der Waals surface area contributed by atoms with Crippen LogP contribution in [0.4, 0.5) is 0 Å². The molecule has 0 atom stereocenters. The molecule has 25 heavy (non-hydrogen) atoms. The molecule has 4 aromatic rings. The van der Waals surface area contributed by atoms with E-state index in [9.17, 15) is 9.59 Å². The third kappa shape index (κ3) is 2.16. The number of carbonyl (C=O) groups is 2. The molecule has 2 aromatic heterocycles. The maximum Gasteiger partial charge on any atom is 0.340 e. The molecular formula is C20H15NO4. The van der Waals surface area contributed by atoms with Gasteiger partial charge in [0.2, 0.25) is 0 Å². The summed E-state index contributed by atoms with van der Waals surface area (Å²) in [5.74, 6) is -1.14.